The van der Waals surface area contributed by atoms with Crippen LogP contribution in [0, 0.1) is 5.92 Å². The fourth-order valence-electron chi connectivity index (χ4n) is 2.66. The second-order valence-corrected chi connectivity index (χ2v) is 6.47. The van der Waals surface area contributed by atoms with E-state index in [1.54, 1.807) is 11.3 Å². The second kappa shape index (κ2) is 6.91. The minimum Gasteiger partial charge on any atom is -0.356 e. The van der Waals surface area contributed by atoms with Gasteiger partial charge in [0.25, 0.3) is 0 Å². The highest BCUT2D eigenvalue weighted by atomic mass is 32.1. The average Bonchev–Trinajstić information content (AvgIpc) is 3.23. The minimum absolute atomic E-state index is 0.0548. The first kappa shape index (κ1) is 15.0. The first-order valence-electron chi connectivity index (χ1n) is 7.77. The van der Waals surface area contributed by atoms with Crippen LogP contribution in [0.1, 0.15) is 26.2 Å². The van der Waals surface area contributed by atoms with Gasteiger partial charge in [-0.2, -0.15) is 0 Å². The van der Waals surface area contributed by atoms with Gasteiger partial charge in [0.1, 0.15) is 0 Å². The van der Waals surface area contributed by atoms with Crippen molar-refractivity contribution in [2.24, 2.45) is 5.92 Å². The summed E-state index contributed by atoms with van der Waals surface area (Å²) in [4.78, 5) is 14.3. The molecule has 0 bridgehead atoms. The third kappa shape index (κ3) is 3.30. The molecular weight excluding hydrogens is 298 g/mol. The van der Waals surface area contributed by atoms with Gasteiger partial charge >= 0.3 is 0 Å². The highest BCUT2D eigenvalue weighted by Crippen LogP contribution is 2.27. The molecule has 1 N–H and O–H groups in total. The zero-order valence-electron chi connectivity index (χ0n) is 12.7. The molecule has 1 amide bonds. The van der Waals surface area contributed by atoms with Gasteiger partial charge in [0.15, 0.2) is 0 Å². The molecule has 0 unspecified atom stereocenters. The molecule has 0 aromatic carbocycles. The molecule has 1 atom stereocenters. The van der Waals surface area contributed by atoms with Crippen LogP contribution in [0.15, 0.2) is 24.5 Å². The van der Waals surface area contributed by atoms with Crippen LogP contribution in [-0.4, -0.2) is 40.3 Å². The first-order chi connectivity index (χ1) is 10.8. The Morgan fingerprint density at radius 1 is 1.36 bits per heavy atom. The molecule has 6 nitrogen and oxygen atoms in total. The number of nitrogens with zero attached hydrogens (tertiary/aromatic N) is 4. The molecular formula is C15H21N5OS. The lowest BCUT2D eigenvalue weighted by Gasteiger charge is -2.31. The number of anilines is 1. The van der Waals surface area contributed by atoms with E-state index in [0.29, 0.717) is 0 Å². The zero-order valence-corrected chi connectivity index (χ0v) is 13.6. The van der Waals surface area contributed by atoms with Gasteiger partial charge in [-0.3, -0.25) is 9.36 Å². The van der Waals surface area contributed by atoms with Crippen molar-refractivity contribution in [3.05, 3.63) is 24.5 Å². The van der Waals surface area contributed by atoms with Gasteiger partial charge in [-0.05, 0) is 31.4 Å². The molecule has 0 saturated carbocycles. The summed E-state index contributed by atoms with van der Waals surface area (Å²) in [5, 5.41) is 13.3. The molecule has 1 fully saturated rings. The Kier molecular flexibility index (Phi) is 4.72. The van der Waals surface area contributed by atoms with Crippen LogP contribution in [0.25, 0.3) is 5.13 Å². The van der Waals surface area contributed by atoms with Crippen molar-refractivity contribution in [1.82, 2.24) is 20.1 Å². The van der Waals surface area contributed by atoms with E-state index in [0.717, 1.165) is 49.2 Å². The summed E-state index contributed by atoms with van der Waals surface area (Å²) in [5.41, 5.74) is 0. The smallest absolute Gasteiger partial charge is 0.224 e. The largest absolute Gasteiger partial charge is 0.356 e. The molecule has 1 saturated heterocycles. The van der Waals surface area contributed by atoms with E-state index in [1.165, 1.54) is 0 Å². The Balaban J connectivity index is 1.66. The number of piperidine rings is 1. The van der Waals surface area contributed by atoms with Gasteiger partial charge in [-0.25, -0.2) is 0 Å². The standard InChI is InChI=1S/C15H21N5OS/c1-2-7-16-13(21)12-6-5-10-20(11-12)15-18-17-14(22-15)19-8-3-4-9-19/h3-4,8-9,12H,2,5-7,10-11H2,1H3,(H,16,21)/t12-/m1/s1. The van der Waals surface area contributed by atoms with Crippen molar-refractivity contribution in [2.75, 3.05) is 24.5 Å². The molecule has 0 aliphatic carbocycles. The summed E-state index contributed by atoms with van der Waals surface area (Å²) in [6.45, 7) is 4.50. The molecule has 118 valence electrons. The topological polar surface area (TPSA) is 63.1 Å². The van der Waals surface area contributed by atoms with Crippen LogP contribution >= 0.6 is 11.3 Å². The first-order valence-corrected chi connectivity index (χ1v) is 8.59. The molecule has 1 aliphatic rings. The van der Waals surface area contributed by atoms with Crippen LogP contribution in [-0.2, 0) is 4.79 Å². The number of rotatable bonds is 5. The Bertz CT molecular complexity index is 609. The number of carbonyl (C=O) groups is 1. The van der Waals surface area contributed by atoms with Crippen molar-refractivity contribution in [3.63, 3.8) is 0 Å². The number of aromatic nitrogens is 3. The van der Waals surface area contributed by atoms with E-state index in [9.17, 15) is 4.79 Å². The van der Waals surface area contributed by atoms with Crippen molar-refractivity contribution in [2.45, 2.75) is 26.2 Å². The van der Waals surface area contributed by atoms with E-state index in [4.69, 9.17) is 0 Å². The highest BCUT2D eigenvalue weighted by Gasteiger charge is 2.27. The fourth-order valence-corrected chi connectivity index (χ4v) is 3.51. The average molecular weight is 319 g/mol. The van der Waals surface area contributed by atoms with Gasteiger partial charge in [0, 0.05) is 32.0 Å². The Labute approximate surface area is 134 Å². The Hall–Kier alpha value is -1.89. The monoisotopic (exact) mass is 319 g/mol. The number of hydrogen-bond donors (Lipinski definition) is 1. The van der Waals surface area contributed by atoms with Crippen LogP contribution in [0.5, 0.6) is 0 Å². The summed E-state index contributed by atoms with van der Waals surface area (Å²) in [6, 6.07) is 3.94. The van der Waals surface area contributed by atoms with Crippen LogP contribution in [0.3, 0.4) is 0 Å². The Morgan fingerprint density at radius 2 is 2.14 bits per heavy atom. The highest BCUT2D eigenvalue weighted by molar-refractivity contribution is 7.17. The lowest BCUT2D eigenvalue weighted by molar-refractivity contribution is -0.125. The van der Waals surface area contributed by atoms with Crippen molar-refractivity contribution >= 4 is 22.4 Å². The minimum atomic E-state index is 0.0548. The van der Waals surface area contributed by atoms with Gasteiger partial charge in [-0.15, -0.1) is 10.2 Å². The van der Waals surface area contributed by atoms with E-state index in [1.807, 2.05) is 29.1 Å². The number of amides is 1. The van der Waals surface area contributed by atoms with E-state index in [2.05, 4.69) is 27.3 Å². The summed E-state index contributed by atoms with van der Waals surface area (Å²) in [6.07, 6.45) is 6.86. The van der Waals surface area contributed by atoms with Gasteiger partial charge < -0.3 is 10.2 Å². The maximum absolute atomic E-state index is 12.2. The third-order valence-electron chi connectivity index (χ3n) is 3.84. The summed E-state index contributed by atoms with van der Waals surface area (Å²) in [7, 11) is 0. The van der Waals surface area contributed by atoms with E-state index < -0.39 is 0 Å². The third-order valence-corrected chi connectivity index (χ3v) is 4.84. The number of nitrogens with one attached hydrogen (secondary N) is 1. The molecule has 2 aromatic rings. The second-order valence-electron chi connectivity index (χ2n) is 5.53. The fraction of sp³-hybridized carbons (Fsp3) is 0.533. The molecule has 2 aromatic heterocycles. The molecule has 22 heavy (non-hydrogen) atoms. The van der Waals surface area contributed by atoms with Gasteiger partial charge in [0.2, 0.25) is 16.2 Å². The zero-order chi connectivity index (χ0) is 15.4. The molecule has 0 spiro atoms. The quantitative estimate of drug-likeness (QED) is 0.916. The number of hydrogen-bond acceptors (Lipinski definition) is 5. The lowest BCUT2D eigenvalue weighted by Crippen LogP contribution is -2.43. The predicted octanol–water partition coefficient (Wildman–Crippen LogP) is 2.07. The van der Waals surface area contributed by atoms with Crippen LogP contribution in [0.2, 0.25) is 0 Å². The number of carbonyl (C=O) groups excluding carboxylic acids is 1. The molecule has 3 heterocycles. The predicted molar refractivity (Wildman–Crippen MR) is 87.5 cm³/mol. The van der Waals surface area contributed by atoms with Crippen molar-refractivity contribution in [3.8, 4) is 5.13 Å². The van der Waals surface area contributed by atoms with E-state index in [-0.39, 0.29) is 11.8 Å². The lowest BCUT2D eigenvalue weighted by atomic mass is 9.97. The van der Waals surface area contributed by atoms with Gasteiger partial charge in [-0.1, -0.05) is 18.3 Å². The van der Waals surface area contributed by atoms with Gasteiger partial charge in [0.05, 0.1) is 5.92 Å². The summed E-state index contributed by atoms with van der Waals surface area (Å²) in [5.74, 6) is 0.223. The Morgan fingerprint density at radius 3 is 2.91 bits per heavy atom. The van der Waals surface area contributed by atoms with Crippen molar-refractivity contribution < 1.29 is 4.79 Å². The molecule has 1 aliphatic heterocycles. The molecule has 3 rings (SSSR count). The maximum Gasteiger partial charge on any atom is 0.224 e. The normalized spacial score (nSPS) is 18.4. The summed E-state index contributed by atoms with van der Waals surface area (Å²) < 4.78 is 1.95. The summed E-state index contributed by atoms with van der Waals surface area (Å²) >= 11 is 1.56. The molecule has 7 heteroatoms. The SMILES string of the molecule is CCCNC(=O)[C@@H]1CCCN(c2nnc(-n3cccc3)s2)C1. The maximum atomic E-state index is 12.2. The van der Waals surface area contributed by atoms with Crippen LogP contribution < -0.4 is 10.2 Å². The van der Waals surface area contributed by atoms with E-state index >= 15 is 0 Å². The molecule has 0 radical (unpaired) electrons. The van der Waals surface area contributed by atoms with Crippen LogP contribution in [0.4, 0.5) is 5.13 Å². The van der Waals surface area contributed by atoms with Crippen molar-refractivity contribution in [1.29, 1.82) is 0 Å².